The quantitative estimate of drug-likeness (QED) is 0.690. The summed E-state index contributed by atoms with van der Waals surface area (Å²) in [5.41, 5.74) is -0.821. The summed E-state index contributed by atoms with van der Waals surface area (Å²) in [7, 11) is 0. The second-order valence-electron chi connectivity index (χ2n) is 9.80. The highest BCUT2D eigenvalue weighted by molar-refractivity contribution is 6.30. The number of ether oxygens (including phenoxy) is 1. The molecule has 1 N–H and O–H groups in total. The summed E-state index contributed by atoms with van der Waals surface area (Å²) in [6.07, 6.45) is 5.26. The fourth-order valence-corrected chi connectivity index (χ4v) is 4.35. The Bertz CT molecular complexity index is 847. The molecule has 1 heterocycles. The van der Waals surface area contributed by atoms with Crippen molar-refractivity contribution in [1.29, 1.82) is 5.26 Å². The normalized spacial score (nSPS) is 18.4. The zero-order chi connectivity index (χ0) is 23.4. The second-order valence-corrected chi connectivity index (χ2v) is 10.2. The van der Waals surface area contributed by atoms with Gasteiger partial charge in [-0.3, -0.25) is 4.79 Å². The highest BCUT2D eigenvalue weighted by Crippen LogP contribution is 2.31. The number of hydrogen-bond acceptors (Lipinski definition) is 5. The van der Waals surface area contributed by atoms with Gasteiger partial charge in [-0.2, -0.15) is 5.26 Å². The van der Waals surface area contributed by atoms with E-state index in [0.717, 1.165) is 18.4 Å². The van der Waals surface area contributed by atoms with E-state index in [2.05, 4.69) is 11.4 Å². The lowest BCUT2D eigenvalue weighted by atomic mass is 9.88. The van der Waals surface area contributed by atoms with Crippen LogP contribution in [0.1, 0.15) is 58.4 Å². The van der Waals surface area contributed by atoms with Crippen molar-refractivity contribution < 1.29 is 14.3 Å². The first-order chi connectivity index (χ1) is 15.1. The molecule has 1 aliphatic carbocycles. The summed E-state index contributed by atoms with van der Waals surface area (Å²) >= 11 is 6.01. The van der Waals surface area contributed by atoms with Gasteiger partial charge in [-0.05, 0) is 51.3 Å². The van der Waals surface area contributed by atoms with E-state index in [4.69, 9.17) is 16.3 Å². The topological polar surface area (TPSA) is 85.7 Å². The zero-order valence-electron chi connectivity index (χ0n) is 19.2. The third-order valence-electron chi connectivity index (χ3n) is 5.98. The summed E-state index contributed by atoms with van der Waals surface area (Å²) in [6.45, 7) is 6.11. The Labute approximate surface area is 195 Å². The second kappa shape index (κ2) is 10.1. The number of likely N-dealkylation sites (tertiary alicyclic amines) is 1. The minimum atomic E-state index is -1.08. The molecule has 7 nitrogen and oxygen atoms in total. The number of carbonyl (C=O) groups excluding carboxylic acids is 2. The molecule has 2 fully saturated rings. The van der Waals surface area contributed by atoms with Crippen molar-refractivity contribution in [1.82, 2.24) is 15.1 Å². The third-order valence-corrected chi connectivity index (χ3v) is 6.24. The van der Waals surface area contributed by atoms with E-state index in [-0.39, 0.29) is 32.1 Å². The standard InChI is InChI=1S/C24H33ClN4O3/c1-23(2,3)32-22(31)28-16-24(15-26,17-28)29(14-18-9-11-19(25)12-10-18)21(30)13-27-20-7-5-4-6-8-20/h9-12,20,27H,4-8,13-14,16-17H2,1-3H3. The van der Waals surface area contributed by atoms with E-state index in [1.54, 1.807) is 37.8 Å². The first-order valence-electron chi connectivity index (χ1n) is 11.3. The Morgan fingerprint density at radius 2 is 1.84 bits per heavy atom. The Balaban J connectivity index is 1.73. The van der Waals surface area contributed by atoms with E-state index >= 15 is 0 Å². The van der Waals surface area contributed by atoms with Gasteiger partial charge in [0.2, 0.25) is 5.91 Å². The summed E-state index contributed by atoms with van der Waals surface area (Å²) in [6, 6.07) is 9.90. The maximum absolute atomic E-state index is 13.3. The number of rotatable bonds is 6. The summed E-state index contributed by atoms with van der Waals surface area (Å²) in [5, 5.41) is 14.1. The number of nitrogens with one attached hydrogen (secondary N) is 1. The van der Waals surface area contributed by atoms with Crippen LogP contribution in [0.5, 0.6) is 0 Å². The predicted molar refractivity (Wildman–Crippen MR) is 123 cm³/mol. The molecule has 2 amide bonds. The monoisotopic (exact) mass is 460 g/mol. The van der Waals surface area contributed by atoms with Gasteiger partial charge in [0.05, 0.1) is 25.7 Å². The lowest BCUT2D eigenvalue weighted by molar-refractivity contribution is -0.142. The Kier molecular flexibility index (Phi) is 7.68. The van der Waals surface area contributed by atoms with E-state index in [9.17, 15) is 14.9 Å². The van der Waals surface area contributed by atoms with Gasteiger partial charge in [0.15, 0.2) is 5.54 Å². The van der Waals surface area contributed by atoms with E-state index in [1.807, 2.05) is 12.1 Å². The van der Waals surface area contributed by atoms with Crippen molar-refractivity contribution in [2.75, 3.05) is 19.6 Å². The third kappa shape index (κ3) is 6.14. The molecule has 0 atom stereocenters. The summed E-state index contributed by atoms with van der Waals surface area (Å²) < 4.78 is 5.43. The van der Waals surface area contributed by atoms with Gasteiger partial charge in [0.25, 0.3) is 0 Å². The molecule has 0 aromatic heterocycles. The van der Waals surface area contributed by atoms with Crippen LogP contribution in [-0.2, 0) is 16.1 Å². The molecule has 3 rings (SSSR count). The minimum absolute atomic E-state index is 0.126. The summed E-state index contributed by atoms with van der Waals surface area (Å²) in [5.74, 6) is -0.143. The first kappa shape index (κ1) is 24.3. The van der Waals surface area contributed by atoms with Crippen molar-refractivity contribution in [2.45, 2.75) is 76.6 Å². The van der Waals surface area contributed by atoms with Crippen LogP contribution in [0, 0.1) is 11.3 Å². The van der Waals surface area contributed by atoms with Crippen molar-refractivity contribution >= 4 is 23.6 Å². The van der Waals surface area contributed by atoms with Crippen LogP contribution in [0.15, 0.2) is 24.3 Å². The number of carbonyl (C=O) groups is 2. The van der Waals surface area contributed by atoms with Crippen molar-refractivity contribution in [3.63, 3.8) is 0 Å². The Hall–Kier alpha value is -2.30. The van der Waals surface area contributed by atoms with E-state index in [0.29, 0.717) is 11.1 Å². The van der Waals surface area contributed by atoms with Crippen molar-refractivity contribution in [3.8, 4) is 6.07 Å². The van der Waals surface area contributed by atoms with Gasteiger partial charge >= 0.3 is 6.09 Å². The Morgan fingerprint density at radius 3 is 2.41 bits per heavy atom. The van der Waals surface area contributed by atoms with Gasteiger partial charge in [-0.25, -0.2) is 4.79 Å². The van der Waals surface area contributed by atoms with Crippen LogP contribution in [0.3, 0.4) is 0 Å². The number of nitriles is 1. The van der Waals surface area contributed by atoms with E-state index < -0.39 is 17.2 Å². The van der Waals surface area contributed by atoms with E-state index in [1.165, 1.54) is 24.2 Å². The van der Waals surface area contributed by atoms with Gasteiger partial charge in [0, 0.05) is 17.6 Å². The molecule has 174 valence electrons. The van der Waals surface area contributed by atoms with Crippen LogP contribution >= 0.6 is 11.6 Å². The molecule has 0 spiro atoms. The Morgan fingerprint density at radius 1 is 1.22 bits per heavy atom. The highest BCUT2D eigenvalue weighted by Gasteiger charge is 2.52. The van der Waals surface area contributed by atoms with Crippen molar-refractivity contribution in [2.24, 2.45) is 0 Å². The largest absolute Gasteiger partial charge is 0.444 e. The molecular formula is C24H33ClN4O3. The smallest absolute Gasteiger partial charge is 0.410 e. The number of benzene rings is 1. The number of amides is 2. The van der Waals surface area contributed by atoms with Crippen LogP contribution < -0.4 is 5.32 Å². The molecule has 1 saturated carbocycles. The number of halogens is 1. The molecule has 8 heteroatoms. The molecular weight excluding hydrogens is 428 g/mol. The summed E-state index contributed by atoms with van der Waals surface area (Å²) in [4.78, 5) is 28.8. The molecule has 1 aromatic rings. The van der Waals surface area contributed by atoms with Gasteiger partial charge in [-0.15, -0.1) is 0 Å². The average Bonchev–Trinajstić information content (AvgIpc) is 2.71. The molecule has 32 heavy (non-hydrogen) atoms. The molecule has 0 radical (unpaired) electrons. The van der Waals surface area contributed by atoms with Crippen LogP contribution in [0.4, 0.5) is 4.79 Å². The first-order valence-corrected chi connectivity index (χ1v) is 11.7. The highest BCUT2D eigenvalue weighted by atomic mass is 35.5. The molecule has 1 aliphatic heterocycles. The number of nitrogens with zero attached hydrogens (tertiary/aromatic N) is 3. The van der Waals surface area contributed by atoms with Gasteiger partial charge in [0.1, 0.15) is 5.60 Å². The lowest BCUT2D eigenvalue weighted by Crippen LogP contribution is -2.72. The molecule has 1 saturated heterocycles. The van der Waals surface area contributed by atoms with Crippen LogP contribution in [-0.4, -0.2) is 58.6 Å². The predicted octanol–water partition coefficient (Wildman–Crippen LogP) is 4.10. The number of hydrogen-bond donors (Lipinski definition) is 1. The van der Waals surface area contributed by atoms with Gasteiger partial charge in [-0.1, -0.05) is 43.0 Å². The van der Waals surface area contributed by atoms with Gasteiger partial charge < -0.3 is 19.9 Å². The maximum atomic E-state index is 13.3. The SMILES string of the molecule is CC(C)(C)OC(=O)N1CC(C#N)(N(Cc2ccc(Cl)cc2)C(=O)CNC2CCCCC2)C1. The molecule has 0 bridgehead atoms. The minimum Gasteiger partial charge on any atom is -0.444 e. The van der Waals surface area contributed by atoms with Crippen molar-refractivity contribution in [3.05, 3.63) is 34.9 Å². The fraction of sp³-hybridized carbons (Fsp3) is 0.625. The molecule has 1 aromatic carbocycles. The van der Waals surface area contributed by atoms with Crippen LogP contribution in [0.2, 0.25) is 5.02 Å². The molecule has 2 aliphatic rings. The molecule has 0 unspecified atom stereocenters. The maximum Gasteiger partial charge on any atom is 0.410 e. The lowest BCUT2D eigenvalue weighted by Gasteiger charge is -2.51. The van der Waals surface area contributed by atoms with Crippen LogP contribution in [0.25, 0.3) is 0 Å². The average molecular weight is 461 g/mol. The fourth-order valence-electron chi connectivity index (χ4n) is 4.23. The zero-order valence-corrected chi connectivity index (χ0v) is 20.0.